The number of ether oxygens (including phenoxy) is 4. The highest BCUT2D eigenvalue weighted by Crippen LogP contribution is 2.55. The molecule has 1 fully saturated rings. The van der Waals surface area contributed by atoms with E-state index in [0.29, 0.717) is 13.1 Å². The summed E-state index contributed by atoms with van der Waals surface area (Å²) < 4.78 is 23.3. The van der Waals surface area contributed by atoms with E-state index in [9.17, 15) is 39.9 Å². The Kier molecular flexibility index (Phi) is 13.5. The fourth-order valence-corrected chi connectivity index (χ4v) is 7.48. The highest BCUT2D eigenvalue weighted by Gasteiger charge is 2.49. The summed E-state index contributed by atoms with van der Waals surface area (Å²) in [5.41, 5.74) is -0.345. The van der Waals surface area contributed by atoms with Crippen molar-refractivity contribution in [2.24, 2.45) is 22.9 Å². The van der Waals surface area contributed by atoms with Crippen molar-refractivity contribution >= 4 is 40.3 Å². The number of fused-ring (bicyclic) bond motifs is 14. The van der Waals surface area contributed by atoms with Crippen molar-refractivity contribution in [2.75, 3.05) is 45.7 Å². The molecule has 1 amide bonds. The molecule has 0 aliphatic carbocycles. The van der Waals surface area contributed by atoms with E-state index < -0.39 is 82.9 Å². The number of aromatic hydroxyl groups is 3. The van der Waals surface area contributed by atoms with Crippen molar-refractivity contribution in [2.45, 2.75) is 85.1 Å². The average molecular weight is 809 g/mol. The molecule has 0 aromatic heterocycles. The van der Waals surface area contributed by atoms with Gasteiger partial charge in [-0.15, -0.1) is 0 Å². The number of phenolic OH excluding ortho intramolecular Hbond substituents is 3. The molecule has 0 unspecified atom stereocenters. The zero-order valence-corrected chi connectivity index (χ0v) is 34.5. The molecule has 16 nitrogen and oxygen atoms in total. The van der Waals surface area contributed by atoms with Crippen molar-refractivity contribution in [3.05, 3.63) is 52.8 Å². The highest BCUT2D eigenvalue weighted by molar-refractivity contribution is 6.23. The number of hydrazone groups is 1. The van der Waals surface area contributed by atoms with Gasteiger partial charge in [0.25, 0.3) is 11.7 Å². The first kappa shape index (κ1) is 44.0. The molecule has 2 aromatic rings. The van der Waals surface area contributed by atoms with Crippen LogP contribution in [0.4, 0.5) is 5.69 Å². The predicted molar refractivity (Wildman–Crippen MR) is 216 cm³/mol. The van der Waals surface area contributed by atoms with Crippen LogP contribution in [0.5, 0.6) is 23.0 Å². The van der Waals surface area contributed by atoms with Gasteiger partial charge in [-0.05, 0) is 27.0 Å². The number of allylic oxidation sites excluding steroid dienone is 2. The summed E-state index contributed by atoms with van der Waals surface area (Å²) in [6.07, 6.45) is 4.98. The van der Waals surface area contributed by atoms with E-state index in [1.807, 2.05) is 7.05 Å². The molecule has 6 N–H and O–H groups in total. The van der Waals surface area contributed by atoms with Gasteiger partial charge in [-0.2, -0.15) is 5.10 Å². The Morgan fingerprint density at radius 3 is 2.29 bits per heavy atom. The topological polar surface area (TPSA) is 220 Å². The lowest BCUT2D eigenvalue weighted by Gasteiger charge is -2.35. The molecule has 4 aliphatic heterocycles. The SMILES string of the molecule is CO[C@H]1/C=C/O[C@@]2(C)Oc3c(C)c(O)c4c(O)c(c(/C=N/N5CCN(C)CC5)c(O)c4c3C2=O)NC(=O)/C(C)=C\C=C\[C@H](C)[C@H](O)[C@@H](C)[C@@H](O)[C@@H](C)[C@H](OC(C)=O)C1. The number of Topliss-reactive ketones (excluding diaryl/α,β-unsaturated/α-hetero) is 1. The molecule has 5 bridgehead atoms. The van der Waals surface area contributed by atoms with Crippen LogP contribution in [0.25, 0.3) is 10.8 Å². The van der Waals surface area contributed by atoms with Gasteiger partial charge in [-0.1, -0.05) is 39.0 Å². The molecule has 316 valence electrons. The third-order valence-corrected chi connectivity index (χ3v) is 11.4. The monoisotopic (exact) mass is 808 g/mol. The Balaban J connectivity index is 1.69. The number of phenols is 3. The number of anilines is 1. The minimum absolute atomic E-state index is 0.0572. The second-order valence-corrected chi connectivity index (χ2v) is 15.6. The predicted octanol–water partition coefficient (Wildman–Crippen LogP) is 4.09. The van der Waals surface area contributed by atoms with Crippen LogP contribution in [0.3, 0.4) is 0 Å². The zero-order valence-electron chi connectivity index (χ0n) is 34.5. The van der Waals surface area contributed by atoms with Gasteiger partial charge in [-0.3, -0.25) is 19.4 Å². The lowest BCUT2D eigenvalue weighted by molar-refractivity contribution is -0.155. The molecule has 16 heteroatoms. The van der Waals surface area contributed by atoms with Crippen LogP contribution >= 0.6 is 0 Å². The first-order valence-electron chi connectivity index (χ1n) is 19.4. The van der Waals surface area contributed by atoms with E-state index in [4.69, 9.17) is 18.9 Å². The molecule has 4 aliphatic rings. The second-order valence-electron chi connectivity index (χ2n) is 15.6. The quantitative estimate of drug-likeness (QED) is 0.111. The third kappa shape index (κ3) is 8.79. The van der Waals surface area contributed by atoms with Gasteiger partial charge >= 0.3 is 11.8 Å². The van der Waals surface area contributed by atoms with E-state index in [1.54, 1.807) is 37.9 Å². The Hall–Kier alpha value is -5.16. The molecule has 0 spiro atoms. The Morgan fingerprint density at radius 2 is 1.66 bits per heavy atom. The Morgan fingerprint density at radius 1 is 0.983 bits per heavy atom. The summed E-state index contributed by atoms with van der Waals surface area (Å²) in [5.74, 6) is -7.69. The number of methoxy groups -OCH3 is 1. The minimum atomic E-state index is -2.03. The van der Waals surface area contributed by atoms with Crippen LogP contribution in [0, 0.1) is 24.7 Å². The maximum absolute atomic E-state index is 14.4. The number of aliphatic hydroxyl groups is 2. The summed E-state index contributed by atoms with van der Waals surface area (Å²) >= 11 is 0. The summed E-state index contributed by atoms with van der Waals surface area (Å²) in [5, 5.41) is 66.6. The maximum atomic E-state index is 14.4. The van der Waals surface area contributed by atoms with Gasteiger partial charge in [0.2, 0.25) is 0 Å². The van der Waals surface area contributed by atoms with E-state index >= 15 is 0 Å². The number of piperazine rings is 1. The number of likely N-dealkylation sites (N-methyl/N-ethyl adjacent to an activating group) is 1. The third-order valence-electron chi connectivity index (χ3n) is 11.4. The van der Waals surface area contributed by atoms with E-state index in [-0.39, 0.29) is 50.9 Å². The second kappa shape index (κ2) is 17.8. The first-order valence-corrected chi connectivity index (χ1v) is 19.4. The van der Waals surface area contributed by atoms with Gasteiger partial charge in [-0.25, -0.2) is 0 Å². The molecular weight excluding hydrogens is 752 g/mol. The number of rotatable bonds is 4. The number of ketones is 1. The average Bonchev–Trinajstić information content (AvgIpc) is 3.45. The molecule has 4 heterocycles. The highest BCUT2D eigenvalue weighted by atomic mass is 16.7. The number of hydrogen-bond donors (Lipinski definition) is 6. The molecule has 2 aromatic carbocycles. The Labute approximate surface area is 338 Å². The van der Waals surface area contributed by atoms with Gasteiger partial charge in [0, 0.05) is 87.8 Å². The summed E-state index contributed by atoms with van der Waals surface area (Å²) in [7, 11) is 3.41. The van der Waals surface area contributed by atoms with Crippen LogP contribution in [0.2, 0.25) is 0 Å². The number of nitrogens with zero attached hydrogens (tertiary/aromatic N) is 3. The number of benzene rings is 2. The molecule has 1 saturated heterocycles. The lowest BCUT2D eigenvalue weighted by Crippen LogP contribution is -2.43. The number of carbonyl (C=O) groups excluding carboxylic acids is 3. The van der Waals surface area contributed by atoms with Gasteiger partial charge in [0.1, 0.15) is 23.4 Å². The van der Waals surface area contributed by atoms with Gasteiger partial charge in [0.15, 0.2) is 5.75 Å². The molecule has 8 atom stereocenters. The van der Waals surface area contributed by atoms with Crippen LogP contribution in [0.15, 0.2) is 41.2 Å². The van der Waals surface area contributed by atoms with Gasteiger partial charge in [0.05, 0.1) is 53.0 Å². The maximum Gasteiger partial charge on any atom is 0.312 e. The first-order chi connectivity index (χ1) is 27.3. The van der Waals surface area contributed by atoms with Crippen molar-refractivity contribution in [3.63, 3.8) is 0 Å². The number of carbonyl (C=O) groups is 3. The number of amides is 1. The van der Waals surface area contributed by atoms with Crippen LogP contribution in [0.1, 0.15) is 69.4 Å². The van der Waals surface area contributed by atoms with Crippen LogP contribution in [-0.2, 0) is 23.8 Å². The van der Waals surface area contributed by atoms with E-state index in [0.717, 1.165) is 13.1 Å². The minimum Gasteiger partial charge on any atom is -0.507 e. The van der Waals surface area contributed by atoms with Gasteiger partial charge < -0.3 is 54.7 Å². The summed E-state index contributed by atoms with van der Waals surface area (Å²) in [6, 6.07) is 0. The number of esters is 1. The van der Waals surface area contributed by atoms with Crippen molar-refractivity contribution < 1.29 is 58.9 Å². The molecule has 0 saturated carbocycles. The van der Waals surface area contributed by atoms with Crippen LogP contribution in [-0.4, -0.2) is 130 Å². The smallest absolute Gasteiger partial charge is 0.312 e. The largest absolute Gasteiger partial charge is 0.507 e. The number of nitrogens with one attached hydrogen (secondary N) is 1. The molecule has 0 radical (unpaired) electrons. The van der Waals surface area contributed by atoms with E-state index in [2.05, 4.69) is 15.3 Å². The summed E-state index contributed by atoms with van der Waals surface area (Å²) in [6.45, 7) is 13.3. The molecule has 58 heavy (non-hydrogen) atoms. The van der Waals surface area contributed by atoms with Crippen molar-refractivity contribution in [1.82, 2.24) is 9.91 Å². The number of hydrogen-bond acceptors (Lipinski definition) is 15. The fraction of sp³-hybridized carbons (Fsp3) is 0.524. The standard InChI is InChI=1S/C42H56N4O12/c1-21-11-10-12-22(2)41(54)44-33-28(20-43-46-16-14-45(8)15-17-46)37(51)30-31(38(33)52)36(50)25(5)39-32(30)40(53)42(7,58-39)56-18-13-27(55-9)19-29(57-26(6)47)23(3)35(49)24(4)34(21)48/h10-13,18,20-21,23-24,27,29,34-35,48-52H,14-17,19H2,1-9H3,(H,44,54)/b11-10+,18-13+,22-12-,43-20+/t21-,23-,24+,27-,29+,34-,35-,42-/m0/s1. The lowest BCUT2D eigenvalue weighted by atomic mass is 9.81. The fourth-order valence-electron chi connectivity index (χ4n) is 7.48. The zero-order chi connectivity index (χ0) is 42.8. The molecule has 6 rings (SSSR count). The van der Waals surface area contributed by atoms with Crippen molar-refractivity contribution in [1.29, 1.82) is 0 Å². The number of aliphatic hydroxyl groups excluding tert-OH is 2. The summed E-state index contributed by atoms with van der Waals surface area (Å²) in [4.78, 5) is 42.4. The van der Waals surface area contributed by atoms with E-state index in [1.165, 1.54) is 59.4 Å². The normalized spacial score (nSPS) is 31.1. The van der Waals surface area contributed by atoms with Crippen molar-refractivity contribution in [3.8, 4) is 23.0 Å². The molecular formula is C42H56N4O12. The van der Waals surface area contributed by atoms with Crippen LogP contribution < -0.4 is 10.1 Å². The Bertz CT molecular complexity index is 2040.